The third-order valence-corrected chi connectivity index (χ3v) is 4.75. The van der Waals surface area contributed by atoms with Gasteiger partial charge in [-0.05, 0) is 18.9 Å². The summed E-state index contributed by atoms with van der Waals surface area (Å²) in [5.74, 6) is 2.80. The van der Waals surface area contributed by atoms with Crippen molar-refractivity contribution in [1.29, 1.82) is 0 Å². The van der Waals surface area contributed by atoms with Crippen molar-refractivity contribution in [3.8, 4) is 0 Å². The Balaban J connectivity index is 1.79. The van der Waals surface area contributed by atoms with Crippen LogP contribution in [0.3, 0.4) is 0 Å². The highest BCUT2D eigenvalue weighted by Crippen LogP contribution is 2.33. The van der Waals surface area contributed by atoms with Crippen molar-refractivity contribution in [1.82, 2.24) is 14.7 Å². The fourth-order valence-corrected chi connectivity index (χ4v) is 3.69. The predicted octanol–water partition coefficient (Wildman–Crippen LogP) is 1.76. The molecule has 1 aromatic rings. The maximum Gasteiger partial charge on any atom is 0.276 e. The highest BCUT2D eigenvalue weighted by atomic mass is 32.2. The van der Waals surface area contributed by atoms with Gasteiger partial charge >= 0.3 is 0 Å². The maximum absolute atomic E-state index is 12.4. The van der Waals surface area contributed by atoms with Gasteiger partial charge in [0.2, 0.25) is 0 Å². The van der Waals surface area contributed by atoms with Gasteiger partial charge in [0, 0.05) is 24.1 Å². The maximum atomic E-state index is 12.4. The van der Waals surface area contributed by atoms with Crippen LogP contribution in [0.15, 0.2) is 23.0 Å². The lowest BCUT2D eigenvalue weighted by atomic mass is 10.3. The zero-order valence-corrected chi connectivity index (χ0v) is 10.9. The second-order valence-corrected chi connectivity index (χ2v) is 6.02. The summed E-state index contributed by atoms with van der Waals surface area (Å²) in [5.41, 5.74) is 2.21. The molecule has 3 aliphatic rings. The van der Waals surface area contributed by atoms with E-state index < -0.39 is 0 Å². The molecule has 1 N–H and O–H groups in total. The van der Waals surface area contributed by atoms with Gasteiger partial charge in [-0.1, -0.05) is 12.2 Å². The molecule has 4 rings (SSSR count). The van der Waals surface area contributed by atoms with Crippen LogP contribution in [0.4, 0.5) is 0 Å². The van der Waals surface area contributed by atoms with Crippen molar-refractivity contribution in [3.63, 3.8) is 0 Å². The van der Waals surface area contributed by atoms with E-state index in [1.165, 1.54) is 12.8 Å². The fourth-order valence-electron chi connectivity index (χ4n) is 2.65. The first-order chi connectivity index (χ1) is 8.84. The van der Waals surface area contributed by atoms with Crippen molar-refractivity contribution in [2.24, 2.45) is 0 Å². The molecule has 0 atom stereocenters. The zero-order chi connectivity index (χ0) is 12.1. The van der Waals surface area contributed by atoms with Crippen molar-refractivity contribution >= 4 is 17.6 Å². The molecule has 0 bridgehead atoms. The Morgan fingerprint density at radius 3 is 3.00 bits per heavy atom. The number of nitrogens with zero attached hydrogens (tertiary/aromatic N) is 2. The van der Waals surface area contributed by atoms with Crippen LogP contribution in [-0.4, -0.2) is 27.3 Å². The molecule has 0 aromatic carbocycles. The minimum Gasteiger partial charge on any atom is -0.350 e. The summed E-state index contributed by atoms with van der Waals surface area (Å²) in [6.07, 6.45) is 8.73. The number of hydrogen-bond donors (Lipinski definition) is 1. The van der Waals surface area contributed by atoms with Gasteiger partial charge in [0.15, 0.2) is 0 Å². The smallest absolute Gasteiger partial charge is 0.276 e. The number of rotatable bonds is 2. The Kier molecular flexibility index (Phi) is 2.24. The molecule has 1 aromatic heterocycles. The monoisotopic (exact) mass is 261 g/mol. The van der Waals surface area contributed by atoms with Crippen LogP contribution in [0.5, 0.6) is 0 Å². The van der Waals surface area contributed by atoms with Crippen LogP contribution in [0.1, 0.15) is 24.1 Å². The number of H-pyrrole nitrogens is 1. The summed E-state index contributed by atoms with van der Waals surface area (Å²) in [6.45, 7) is 0.918. The molecule has 1 fully saturated rings. The molecule has 18 heavy (non-hydrogen) atoms. The van der Waals surface area contributed by atoms with Gasteiger partial charge in [-0.25, -0.2) is 4.68 Å². The molecule has 1 aliphatic carbocycles. The van der Waals surface area contributed by atoms with Gasteiger partial charge in [-0.2, -0.15) is 11.8 Å². The van der Waals surface area contributed by atoms with E-state index >= 15 is 0 Å². The first kappa shape index (κ1) is 10.6. The number of hydrogen-bond acceptors (Lipinski definition) is 3. The standard InChI is InChI=1S/C13H15N3OS/c17-13-10-7-18-8-11(10)14-16(13)12-3-1-2-6-15(12)9-4-5-9/h1-3,9,14H,4-8H2. The quantitative estimate of drug-likeness (QED) is 0.882. The van der Waals surface area contributed by atoms with Crippen molar-refractivity contribution in [2.75, 3.05) is 6.54 Å². The molecular formula is C13H15N3OS. The van der Waals surface area contributed by atoms with E-state index in [0.29, 0.717) is 6.04 Å². The van der Waals surface area contributed by atoms with Crippen LogP contribution < -0.4 is 5.56 Å². The number of nitrogens with one attached hydrogen (secondary N) is 1. The molecule has 94 valence electrons. The van der Waals surface area contributed by atoms with Gasteiger partial charge in [0.05, 0.1) is 11.3 Å². The number of aromatic amines is 1. The van der Waals surface area contributed by atoms with E-state index in [1.54, 1.807) is 16.4 Å². The SMILES string of the molecule is O=c1c2c([nH]n1C1=CC=CCN1C1CC1)CSC2. The van der Waals surface area contributed by atoms with E-state index in [-0.39, 0.29) is 5.56 Å². The highest BCUT2D eigenvalue weighted by Gasteiger charge is 2.32. The molecule has 0 saturated heterocycles. The van der Waals surface area contributed by atoms with Crippen LogP contribution in [-0.2, 0) is 11.5 Å². The third-order valence-electron chi connectivity index (χ3n) is 3.76. The average molecular weight is 261 g/mol. The molecule has 0 unspecified atom stereocenters. The average Bonchev–Trinajstić information content (AvgIpc) is 3.06. The van der Waals surface area contributed by atoms with E-state index in [2.05, 4.69) is 16.1 Å². The lowest BCUT2D eigenvalue weighted by molar-refractivity contribution is 0.395. The predicted molar refractivity (Wildman–Crippen MR) is 73.2 cm³/mol. The number of thioether (sulfide) groups is 1. The Morgan fingerprint density at radius 1 is 1.33 bits per heavy atom. The number of fused-ring (bicyclic) bond motifs is 1. The van der Waals surface area contributed by atoms with E-state index in [0.717, 1.165) is 35.1 Å². The lowest BCUT2D eigenvalue weighted by Crippen LogP contribution is -2.33. The Bertz CT molecular complexity index is 606. The summed E-state index contributed by atoms with van der Waals surface area (Å²) >= 11 is 1.81. The zero-order valence-electron chi connectivity index (χ0n) is 10.1. The molecule has 2 aliphatic heterocycles. The second-order valence-electron chi connectivity index (χ2n) is 5.04. The molecule has 5 heteroatoms. The largest absolute Gasteiger partial charge is 0.350 e. The summed E-state index contributed by atoms with van der Waals surface area (Å²) in [5, 5.41) is 3.28. The first-order valence-electron chi connectivity index (χ1n) is 6.39. The molecule has 0 amide bonds. The topological polar surface area (TPSA) is 41.0 Å². The van der Waals surface area contributed by atoms with Gasteiger partial charge in [0.25, 0.3) is 5.56 Å². The molecule has 4 nitrogen and oxygen atoms in total. The summed E-state index contributed by atoms with van der Waals surface area (Å²) in [7, 11) is 0. The first-order valence-corrected chi connectivity index (χ1v) is 7.54. The van der Waals surface area contributed by atoms with Crippen LogP contribution >= 0.6 is 11.8 Å². The van der Waals surface area contributed by atoms with Crippen LogP contribution in [0.25, 0.3) is 5.82 Å². The highest BCUT2D eigenvalue weighted by molar-refractivity contribution is 7.98. The summed E-state index contributed by atoms with van der Waals surface area (Å²) in [6, 6.07) is 0.626. The molecule has 0 spiro atoms. The molecule has 0 radical (unpaired) electrons. The minimum atomic E-state index is 0.141. The van der Waals surface area contributed by atoms with Gasteiger partial charge < -0.3 is 4.90 Å². The van der Waals surface area contributed by atoms with Crippen molar-refractivity contribution < 1.29 is 0 Å². The normalized spacial score (nSPS) is 22.2. The summed E-state index contributed by atoms with van der Waals surface area (Å²) < 4.78 is 1.74. The number of aromatic nitrogens is 2. The van der Waals surface area contributed by atoms with Gasteiger partial charge in [-0.3, -0.25) is 9.89 Å². The van der Waals surface area contributed by atoms with Crippen LogP contribution in [0, 0.1) is 0 Å². The van der Waals surface area contributed by atoms with E-state index in [1.807, 2.05) is 12.2 Å². The van der Waals surface area contributed by atoms with Gasteiger partial charge in [-0.15, -0.1) is 0 Å². The third kappa shape index (κ3) is 1.50. The molecular weight excluding hydrogens is 246 g/mol. The minimum absolute atomic E-state index is 0.141. The van der Waals surface area contributed by atoms with E-state index in [9.17, 15) is 4.79 Å². The van der Waals surface area contributed by atoms with Crippen molar-refractivity contribution in [3.05, 3.63) is 39.8 Å². The fraction of sp³-hybridized carbons (Fsp3) is 0.462. The lowest BCUT2D eigenvalue weighted by Gasteiger charge is -2.27. The molecule has 1 saturated carbocycles. The van der Waals surface area contributed by atoms with Crippen molar-refractivity contribution in [2.45, 2.75) is 30.4 Å². The Hall–Kier alpha value is -1.36. The number of allylic oxidation sites excluding steroid dienone is 2. The van der Waals surface area contributed by atoms with Gasteiger partial charge in [0.1, 0.15) is 5.82 Å². The summed E-state index contributed by atoms with van der Waals surface area (Å²) in [4.78, 5) is 14.7. The Morgan fingerprint density at radius 2 is 2.22 bits per heavy atom. The molecule has 3 heterocycles. The van der Waals surface area contributed by atoms with Crippen LogP contribution in [0.2, 0.25) is 0 Å². The Labute approximate surface area is 109 Å². The second kappa shape index (κ2) is 3.82. The van der Waals surface area contributed by atoms with E-state index in [4.69, 9.17) is 0 Å².